The molecule has 0 unspecified atom stereocenters. The van der Waals surface area contributed by atoms with E-state index in [0.717, 1.165) is 5.70 Å². The highest BCUT2D eigenvalue weighted by Gasteiger charge is 2.08. The monoisotopic (exact) mass is 247 g/mol. The molecule has 90 valence electrons. The van der Waals surface area contributed by atoms with Gasteiger partial charge in [0.05, 0.1) is 6.42 Å². The summed E-state index contributed by atoms with van der Waals surface area (Å²) < 4.78 is 31.6. The lowest BCUT2D eigenvalue weighted by Crippen LogP contribution is -2.12. The van der Waals surface area contributed by atoms with Gasteiger partial charge in [0.1, 0.15) is 0 Å². The van der Waals surface area contributed by atoms with Gasteiger partial charge in [-0.1, -0.05) is 0 Å². The first-order chi connectivity index (χ1) is 7.24. The van der Waals surface area contributed by atoms with Crippen molar-refractivity contribution in [1.29, 1.82) is 0 Å². The molecule has 0 aromatic carbocycles. The Morgan fingerprint density at radius 2 is 1.88 bits per heavy atom. The molecule has 2 N–H and O–H groups in total. The van der Waals surface area contributed by atoms with Crippen LogP contribution >= 0.6 is 0 Å². The molecule has 16 heavy (non-hydrogen) atoms. The predicted octanol–water partition coefficient (Wildman–Crippen LogP) is 0.410. The minimum atomic E-state index is -4.67. The van der Waals surface area contributed by atoms with Crippen LogP contribution in [0.1, 0.15) is 6.42 Å². The van der Waals surface area contributed by atoms with Crippen LogP contribution in [0.4, 0.5) is 0 Å². The Kier molecular flexibility index (Phi) is 5.62. The predicted molar refractivity (Wildman–Crippen MR) is 58.3 cm³/mol. The van der Waals surface area contributed by atoms with Crippen LogP contribution in [0.2, 0.25) is 0 Å². The van der Waals surface area contributed by atoms with Gasteiger partial charge in [0.2, 0.25) is 0 Å². The van der Waals surface area contributed by atoms with Crippen LogP contribution in [0.15, 0.2) is 23.9 Å². The maximum atomic E-state index is 8.74. The fraction of sp³-hybridized carbons (Fsp3) is 0.375. The van der Waals surface area contributed by atoms with E-state index in [2.05, 4.69) is 4.79 Å². The quantitative estimate of drug-likeness (QED) is 0.395. The van der Waals surface area contributed by atoms with Crippen molar-refractivity contribution in [3.05, 3.63) is 29.5 Å². The van der Waals surface area contributed by atoms with Gasteiger partial charge >= 0.3 is 10.4 Å². The fourth-order valence-electron chi connectivity index (χ4n) is 0.933. The number of hydrogen-bond donors (Lipinski definition) is 2. The third-order valence-corrected chi connectivity index (χ3v) is 1.61. The van der Waals surface area contributed by atoms with Crippen molar-refractivity contribution in [3.8, 4) is 0 Å². The van der Waals surface area contributed by atoms with E-state index in [4.69, 9.17) is 23.1 Å². The molecule has 1 aliphatic carbocycles. The lowest BCUT2D eigenvalue weighted by molar-refractivity contribution is -0.00545. The van der Waals surface area contributed by atoms with E-state index in [1.807, 2.05) is 37.2 Å². The smallest absolute Gasteiger partial charge is 0.378 e. The van der Waals surface area contributed by atoms with Crippen molar-refractivity contribution >= 4 is 16.1 Å². The van der Waals surface area contributed by atoms with Crippen LogP contribution in [-0.2, 0) is 10.4 Å². The third kappa shape index (κ3) is 7.89. The van der Waals surface area contributed by atoms with Crippen LogP contribution in [0, 0.1) is 0 Å². The molecule has 1 rings (SSSR count). The van der Waals surface area contributed by atoms with Gasteiger partial charge in [-0.25, -0.2) is 0 Å². The molecule has 1 aliphatic rings. The summed E-state index contributed by atoms with van der Waals surface area (Å²) in [6, 6.07) is 0. The Morgan fingerprint density at radius 3 is 2.12 bits per heavy atom. The summed E-state index contributed by atoms with van der Waals surface area (Å²) in [6.07, 6.45) is 6.48. The van der Waals surface area contributed by atoms with Crippen molar-refractivity contribution in [2.24, 2.45) is 0 Å². The van der Waals surface area contributed by atoms with Gasteiger partial charge in [-0.05, 0) is 12.2 Å². The minimum Gasteiger partial charge on any atom is -0.378 e. The average Bonchev–Trinajstić information content (AvgIpc) is 2.15. The number of rotatable bonds is 1. The Balaban J connectivity index is 0.000000385. The molecule has 0 radical (unpaired) electrons. The molecule has 0 heterocycles. The molecule has 0 atom stereocenters. The number of allylic oxidation sites excluding steroid dienone is 3. The number of likely N-dealkylation sites (N-methyl/N-ethyl adjacent to an activating group) is 1. The van der Waals surface area contributed by atoms with E-state index in [-0.39, 0.29) is 0 Å². The summed E-state index contributed by atoms with van der Waals surface area (Å²) in [5, 5.41) is 0. The van der Waals surface area contributed by atoms with E-state index < -0.39 is 10.4 Å². The molecule has 0 spiro atoms. The molecule has 0 aromatic heterocycles. The van der Waals surface area contributed by atoms with Gasteiger partial charge in [0, 0.05) is 25.9 Å². The van der Waals surface area contributed by atoms with Crippen LogP contribution in [-0.4, -0.2) is 47.0 Å². The van der Waals surface area contributed by atoms with Gasteiger partial charge in [-0.3, -0.25) is 9.11 Å². The van der Waals surface area contributed by atoms with Gasteiger partial charge in [0.15, 0.2) is 0 Å². The van der Waals surface area contributed by atoms with Crippen molar-refractivity contribution in [2.75, 3.05) is 14.1 Å². The maximum Gasteiger partial charge on any atom is 0.394 e. The van der Waals surface area contributed by atoms with Gasteiger partial charge in [-0.2, -0.15) is 13.2 Å². The van der Waals surface area contributed by atoms with Crippen LogP contribution in [0.25, 0.3) is 5.53 Å². The van der Waals surface area contributed by atoms with E-state index >= 15 is 0 Å². The Hall–Kier alpha value is -1.47. The van der Waals surface area contributed by atoms with Crippen molar-refractivity contribution in [2.45, 2.75) is 6.42 Å². The molecule has 8 heteroatoms. The second kappa shape index (κ2) is 6.19. The normalized spacial score (nSPS) is 14.5. The Labute approximate surface area is 93.9 Å². The zero-order valence-corrected chi connectivity index (χ0v) is 9.72. The standard InChI is InChI=1S/C8H11N3.H2O4S/c1-11(2)8-5-3-7(10-9)4-6-8;1-5(2,3)4/h3,5-6H,4H2,1-2H3;(H2,1,2,3,4). The molecular formula is C8H13N3O4S. The molecule has 0 saturated heterocycles. The van der Waals surface area contributed by atoms with Crippen LogP contribution in [0.5, 0.6) is 0 Å². The maximum absolute atomic E-state index is 8.74. The molecule has 0 bridgehead atoms. The van der Waals surface area contributed by atoms with E-state index in [1.54, 1.807) is 0 Å². The van der Waals surface area contributed by atoms with Crippen molar-refractivity contribution in [3.63, 3.8) is 0 Å². The van der Waals surface area contributed by atoms with E-state index in [0.29, 0.717) is 12.1 Å². The van der Waals surface area contributed by atoms with E-state index in [9.17, 15) is 0 Å². The minimum absolute atomic E-state index is 0.704. The largest absolute Gasteiger partial charge is 0.394 e. The first kappa shape index (κ1) is 14.5. The fourth-order valence-corrected chi connectivity index (χ4v) is 0.933. The summed E-state index contributed by atoms with van der Waals surface area (Å²) in [5.74, 6) is 0. The second-order valence-corrected chi connectivity index (χ2v) is 4.00. The topological polar surface area (TPSA) is 114 Å². The molecule has 0 amide bonds. The number of nitrogens with zero attached hydrogens (tertiary/aromatic N) is 3. The lowest BCUT2D eigenvalue weighted by Gasteiger charge is -2.14. The van der Waals surface area contributed by atoms with E-state index in [1.165, 1.54) is 0 Å². The number of hydrogen-bond acceptors (Lipinski definition) is 3. The molecule has 0 aromatic rings. The van der Waals surface area contributed by atoms with Crippen LogP contribution < -0.4 is 0 Å². The summed E-state index contributed by atoms with van der Waals surface area (Å²) in [6.45, 7) is 0. The van der Waals surface area contributed by atoms with Gasteiger partial charge < -0.3 is 10.4 Å². The van der Waals surface area contributed by atoms with Gasteiger partial charge in [0.25, 0.3) is 5.71 Å². The Bertz CT molecular complexity index is 436. The SMILES string of the molecule is CN(C)C1=CCC(=[N+]=[N-])C=C1.O=S(=O)(O)O. The van der Waals surface area contributed by atoms with Crippen molar-refractivity contribution in [1.82, 2.24) is 4.90 Å². The summed E-state index contributed by atoms with van der Waals surface area (Å²) in [5.41, 5.74) is 10.3. The molecular weight excluding hydrogens is 234 g/mol. The summed E-state index contributed by atoms with van der Waals surface area (Å²) in [4.78, 5) is 5.13. The highest BCUT2D eigenvalue weighted by Crippen LogP contribution is 2.08. The zero-order chi connectivity index (χ0) is 12.8. The first-order valence-corrected chi connectivity index (χ1v) is 5.60. The first-order valence-electron chi connectivity index (χ1n) is 4.20. The van der Waals surface area contributed by atoms with Gasteiger partial charge in [-0.15, -0.1) is 0 Å². The molecule has 0 fully saturated rings. The molecule has 7 nitrogen and oxygen atoms in total. The summed E-state index contributed by atoms with van der Waals surface area (Å²) >= 11 is 0. The molecule has 0 aliphatic heterocycles. The highest BCUT2D eigenvalue weighted by atomic mass is 32.3. The third-order valence-electron chi connectivity index (χ3n) is 1.61. The Morgan fingerprint density at radius 1 is 1.38 bits per heavy atom. The zero-order valence-electron chi connectivity index (χ0n) is 8.90. The molecule has 0 saturated carbocycles. The summed E-state index contributed by atoms with van der Waals surface area (Å²) in [7, 11) is -0.700. The van der Waals surface area contributed by atoms with Crippen LogP contribution in [0.3, 0.4) is 0 Å². The second-order valence-electron chi connectivity index (χ2n) is 3.10. The highest BCUT2D eigenvalue weighted by molar-refractivity contribution is 7.79. The lowest BCUT2D eigenvalue weighted by atomic mass is 10.1. The van der Waals surface area contributed by atoms with Crippen molar-refractivity contribution < 1.29 is 22.3 Å². The average molecular weight is 247 g/mol.